The van der Waals surface area contributed by atoms with E-state index in [0.717, 1.165) is 17.7 Å². The van der Waals surface area contributed by atoms with Crippen LogP contribution in [0.25, 0.3) is 23.0 Å². The Labute approximate surface area is 116 Å². The Kier molecular flexibility index (Phi) is 2.98. The molecule has 20 heavy (non-hydrogen) atoms. The number of hydrogen-bond acceptors (Lipinski definition) is 5. The van der Waals surface area contributed by atoms with Crippen molar-refractivity contribution in [1.82, 2.24) is 19.9 Å². The molecule has 2 aromatic heterocycles. The summed E-state index contributed by atoms with van der Waals surface area (Å²) in [4.78, 5) is 4.39. The summed E-state index contributed by atoms with van der Waals surface area (Å²) in [5.74, 6) is 0.935. The Balaban J connectivity index is 1.99. The lowest BCUT2D eigenvalue weighted by Gasteiger charge is -2.03. The van der Waals surface area contributed by atoms with Crippen LogP contribution in [-0.2, 0) is 6.54 Å². The quantitative estimate of drug-likeness (QED) is 0.739. The van der Waals surface area contributed by atoms with E-state index in [-0.39, 0.29) is 0 Å². The van der Waals surface area contributed by atoms with E-state index < -0.39 is 0 Å². The fraction of sp³-hybridized carbons (Fsp3) is 0.214. The monoisotopic (exact) mass is 269 g/mol. The third-order valence-electron chi connectivity index (χ3n) is 3.23. The fourth-order valence-corrected chi connectivity index (χ4v) is 1.98. The SMILES string of the molecule is CCn1ccc(-c2nc(-c3cccc(N)c3C)no2)n1. The van der Waals surface area contributed by atoms with Crippen molar-refractivity contribution < 1.29 is 4.52 Å². The van der Waals surface area contributed by atoms with Gasteiger partial charge in [-0.3, -0.25) is 4.68 Å². The van der Waals surface area contributed by atoms with Crippen molar-refractivity contribution in [1.29, 1.82) is 0 Å². The Bertz CT molecular complexity index is 744. The minimum Gasteiger partial charge on any atom is -0.398 e. The zero-order chi connectivity index (χ0) is 14.1. The van der Waals surface area contributed by atoms with Crippen LogP contribution in [0.1, 0.15) is 12.5 Å². The van der Waals surface area contributed by atoms with Crippen molar-refractivity contribution in [3.63, 3.8) is 0 Å². The van der Waals surface area contributed by atoms with Gasteiger partial charge in [-0.25, -0.2) is 0 Å². The van der Waals surface area contributed by atoms with Crippen molar-refractivity contribution in [3.8, 4) is 23.0 Å². The summed E-state index contributed by atoms with van der Waals surface area (Å²) in [6.07, 6.45) is 1.88. The molecule has 0 aliphatic heterocycles. The average Bonchev–Trinajstić information content (AvgIpc) is 3.09. The maximum Gasteiger partial charge on any atom is 0.278 e. The van der Waals surface area contributed by atoms with Crippen molar-refractivity contribution in [2.24, 2.45) is 0 Å². The summed E-state index contributed by atoms with van der Waals surface area (Å²) in [5.41, 5.74) is 9.09. The Morgan fingerprint density at radius 3 is 2.90 bits per heavy atom. The van der Waals surface area contributed by atoms with Gasteiger partial charge >= 0.3 is 0 Å². The highest BCUT2D eigenvalue weighted by Gasteiger charge is 2.14. The number of hydrogen-bond donors (Lipinski definition) is 1. The number of nitrogens with two attached hydrogens (primary N) is 1. The fourth-order valence-electron chi connectivity index (χ4n) is 1.98. The molecule has 0 spiro atoms. The van der Waals surface area contributed by atoms with Crippen molar-refractivity contribution in [2.75, 3.05) is 5.73 Å². The van der Waals surface area contributed by atoms with Gasteiger partial charge in [-0.1, -0.05) is 17.3 Å². The predicted molar refractivity (Wildman–Crippen MR) is 75.8 cm³/mol. The first-order valence-electron chi connectivity index (χ1n) is 6.42. The number of rotatable bonds is 3. The van der Waals surface area contributed by atoms with Crippen LogP contribution >= 0.6 is 0 Å². The second-order valence-electron chi connectivity index (χ2n) is 4.50. The summed E-state index contributed by atoms with van der Waals surface area (Å²) in [7, 11) is 0. The molecule has 0 saturated heterocycles. The summed E-state index contributed by atoms with van der Waals surface area (Å²) >= 11 is 0. The van der Waals surface area contributed by atoms with Gasteiger partial charge in [-0.15, -0.1) is 0 Å². The summed E-state index contributed by atoms with van der Waals surface area (Å²) < 4.78 is 7.09. The highest BCUT2D eigenvalue weighted by atomic mass is 16.5. The van der Waals surface area contributed by atoms with Gasteiger partial charge in [0.1, 0.15) is 0 Å². The Morgan fingerprint density at radius 1 is 1.30 bits per heavy atom. The molecule has 0 unspecified atom stereocenters. The third kappa shape index (κ3) is 2.05. The van der Waals surface area contributed by atoms with E-state index in [9.17, 15) is 0 Å². The van der Waals surface area contributed by atoms with Crippen LogP contribution in [0.15, 0.2) is 35.0 Å². The highest BCUT2D eigenvalue weighted by molar-refractivity contribution is 5.68. The van der Waals surface area contributed by atoms with Crippen molar-refractivity contribution in [2.45, 2.75) is 20.4 Å². The van der Waals surface area contributed by atoms with Crippen LogP contribution in [0.4, 0.5) is 5.69 Å². The molecule has 0 aliphatic carbocycles. The molecule has 2 heterocycles. The van der Waals surface area contributed by atoms with E-state index in [4.69, 9.17) is 10.3 Å². The maximum atomic E-state index is 5.90. The molecule has 0 radical (unpaired) electrons. The molecule has 6 nitrogen and oxygen atoms in total. The first-order valence-corrected chi connectivity index (χ1v) is 6.42. The second kappa shape index (κ2) is 4.80. The predicted octanol–water partition coefficient (Wildman–Crippen LogP) is 2.51. The molecule has 0 atom stereocenters. The van der Waals surface area contributed by atoms with Crippen LogP contribution in [0.2, 0.25) is 0 Å². The van der Waals surface area contributed by atoms with Gasteiger partial charge in [0.05, 0.1) is 0 Å². The van der Waals surface area contributed by atoms with E-state index in [1.807, 2.05) is 49.0 Å². The standard InChI is InChI=1S/C14H15N5O/c1-3-19-8-7-12(17-19)14-16-13(18-20-14)10-5-4-6-11(15)9(10)2/h4-8H,3,15H2,1-2H3. The average molecular weight is 269 g/mol. The molecule has 0 aliphatic rings. The number of anilines is 1. The maximum absolute atomic E-state index is 5.90. The van der Waals surface area contributed by atoms with Crippen LogP contribution in [0.5, 0.6) is 0 Å². The lowest BCUT2D eigenvalue weighted by Crippen LogP contribution is -1.94. The normalized spacial score (nSPS) is 10.9. The van der Waals surface area contributed by atoms with Crippen LogP contribution in [-0.4, -0.2) is 19.9 Å². The Morgan fingerprint density at radius 2 is 2.15 bits per heavy atom. The number of benzene rings is 1. The Hall–Kier alpha value is -2.63. The van der Waals surface area contributed by atoms with E-state index in [2.05, 4.69) is 15.2 Å². The molecule has 1 aromatic carbocycles. The number of nitrogen functional groups attached to an aromatic ring is 1. The van der Waals surface area contributed by atoms with E-state index in [0.29, 0.717) is 23.1 Å². The molecule has 0 fully saturated rings. The first kappa shape index (κ1) is 12.4. The molecule has 3 rings (SSSR count). The van der Waals surface area contributed by atoms with Gasteiger partial charge in [-0.2, -0.15) is 10.1 Å². The zero-order valence-electron chi connectivity index (χ0n) is 11.4. The molecular formula is C14H15N5O. The number of aromatic nitrogens is 4. The third-order valence-corrected chi connectivity index (χ3v) is 3.23. The lowest BCUT2D eigenvalue weighted by atomic mass is 10.1. The smallest absolute Gasteiger partial charge is 0.278 e. The van der Waals surface area contributed by atoms with E-state index in [1.165, 1.54) is 0 Å². The molecular weight excluding hydrogens is 254 g/mol. The lowest BCUT2D eigenvalue weighted by molar-refractivity contribution is 0.430. The van der Waals surface area contributed by atoms with Gasteiger partial charge in [0.25, 0.3) is 5.89 Å². The van der Waals surface area contributed by atoms with Gasteiger partial charge in [0.2, 0.25) is 5.82 Å². The molecule has 0 amide bonds. The summed E-state index contributed by atoms with van der Waals surface area (Å²) in [6, 6.07) is 7.50. The second-order valence-corrected chi connectivity index (χ2v) is 4.50. The van der Waals surface area contributed by atoms with Crippen LogP contribution in [0, 0.1) is 6.92 Å². The summed E-state index contributed by atoms with van der Waals surface area (Å²) in [6.45, 7) is 4.76. The highest BCUT2D eigenvalue weighted by Crippen LogP contribution is 2.26. The zero-order valence-corrected chi connectivity index (χ0v) is 11.4. The number of nitrogens with zero attached hydrogens (tertiary/aromatic N) is 4. The van der Waals surface area contributed by atoms with Crippen molar-refractivity contribution in [3.05, 3.63) is 36.0 Å². The minimum absolute atomic E-state index is 0.411. The molecule has 0 bridgehead atoms. The van der Waals surface area contributed by atoms with Crippen molar-refractivity contribution >= 4 is 5.69 Å². The minimum atomic E-state index is 0.411. The van der Waals surface area contributed by atoms with E-state index >= 15 is 0 Å². The summed E-state index contributed by atoms with van der Waals surface area (Å²) in [5, 5.41) is 8.35. The molecule has 0 saturated carbocycles. The first-order chi connectivity index (χ1) is 9.69. The van der Waals surface area contributed by atoms with Gasteiger partial charge in [-0.05, 0) is 31.5 Å². The van der Waals surface area contributed by atoms with Crippen LogP contribution < -0.4 is 5.73 Å². The topological polar surface area (TPSA) is 82.8 Å². The van der Waals surface area contributed by atoms with Gasteiger partial charge < -0.3 is 10.3 Å². The van der Waals surface area contributed by atoms with Gasteiger partial charge in [0, 0.05) is 24.0 Å². The van der Waals surface area contributed by atoms with Crippen LogP contribution in [0.3, 0.4) is 0 Å². The molecule has 6 heteroatoms. The van der Waals surface area contributed by atoms with Gasteiger partial charge in [0.15, 0.2) is 5.69 Å². The van der Waals surface area contributed by atoms with E-state index in [1.54, 1.807) is 0 Å². The molecule has 102 valence electrons. The number of aryl methyl sites for hydroxylation is 1. The largest absolute Gasteiger partial charge is 0.398 e. The molecule has 2 N–H and O–H groups in total. The molecule has 3 aromatic rings.